The fourth-order valence-electron chi connectivity index (χ4n) is 4.40. The summed E-state index contributed by atoms with van der Waals surface area (Å²) in [6, 6.07) is 14.2. The molecule has 0 spiro atoms. The molecule has 1 aromatic heterocycles. The van der Waals surface area contributed by atoms with Crippen LogP contribution < -0.4 is 15.0 Å². The predicted molar refractivity (Wildman–Crippen MR) is 120 cm³/mol. The first-order chi connectivity index (χ1) is 14.7. The molecule has 4 rings (SSSR count). The normalized spacial score (nSPS) is 22.4. The van der Waals surface area contributed by atoms with Crippen LogP contribution in [0.1, 0.15) is 31.2 Å². The summed E-state index contributed by atoms with van der Waals surface area (Å²) in [5.74, 6) is 1.86. The van der Waals surface area contributed by atoms with Crippen molar-refractivity contribution in [3.8, 4) is 5.75 Å². The average Bonchev–Trinajstić information content (AvgIpc) is 3.18. The zero-order valence-corrected chi connectivity index (χ0v) is 17.8. The van der Waals surface area contributed by atoms with E-state index in [2.05, 4.69) is 32.2 Å². The second-order valence-corrected chi connectivity index (χ2v) is 8.59. The fraction of sp³-hybridized carbons (Fsp3) is 0.542. The second-order valence-electron chi connectivity index (χ2n) is 8.59. The number of piperidine rings is 1. The van der Waals surface area contributed by atoms with E-state index in [9.17, 15) is 5.11 Å². The summed E-state index contributed by atoms with van der Waals surface area (Å²) in [5.41, 5.74) is 0.453. The van der Waals surface area contributed by atoms with Crippen LogP contribution in [0.4, 0.5) is 5.82 Å². The number of nitrogens with zero attached hydrogens (tertiary/aromatic N) is 3. The van der Waals surface area contributed by atoms with Crippen LogP contribution in [0.2, 0.25) is 0 Å². The minimum Gasteiger partial charge on any atom is -0.492 e. The highest BCUT2D eigenvalue weighted by molar-refractivity contribution is 5.40. The van der Waals surface area contributed by atoms with Crippen molar-refractivity contribution in [1.29, 1.82) is 0 Å². The van der Waals surface area contributed by atoms with E-state index in [0.29, 0.717) is 13.1 Å². The smallest absolute Gasteiger partial charge is 0.128 e. The Morgan fingerprint density at radius 1 is 1.07 bits per heavy atom. The monoisotopic (exact) mass is 410 g/mol. The molecule has 2 N–H and O–H groups in total. The Morgan fingerprint density at radius 3 is 2.80 bits per heavy atom. The molecule has 2 aliphatic heterocycles. The summed E-state index contributed by atoms with van der Waals surface area (Å²) < 4.78 is 5.98. The fourth-order valence-corrected chi connectivity index (χ4v) is 4.40. The lowest BCUT2D eigenvalue weighted by atomic mass is 10.0. The number of ether oxygens (including phenoxy) is 1. The zero-order chi connectivity index (χ0) is 20.7. The lowest BCUT2D eigenvalue weighted by Gasteiger charge is -2.26. The molecule has 0 saturated carbocycles. The molecule has 3 heterocycles. The van der Waals surface area contributed by atoms with E-state index >= 15 is 0 Å². The lowest BCUT2D eigenvalue weighted by Crippen LogP contribution is -2.43. The van der Waals surface area contributed by atoms with Gasteiger partial charge in [-0.25, -0.2) is 4.98 Å². The van der Waals surface area contributed by atoms with Crippen molar-refractivity contribution in [3.63, 3.8) is 0 Å². The molecule has 0 amide bonds. The van der Waals surface area contributed by atoms with Crippen LogP contribution in [0.25, 0.3) is 0 Å². The molecule has 0 aliphatic carbocycles. The van der Waals surface area contributed by atoms with E-state index < -0.39 is 5.60 Å². The number of likely N-dealkylation sites (tertiary alicyclic amines) is 1. The number of benzene rings is 1. The molecule has 6 nitrogen and oxygen atoms in total. The van der Waals surface area contributed by atoms with Crippen LogP contribution in [-0.2, 0) is 6.54 Å². The molecule has 0 radical (unpaired) electrons. The third-order valence-electron chi connectivity index (χ3n) is 6.11. The summed E-state index contributed by atoms with van der Waals surface area (Å²) in [6.07, 6.45) is 6.53. The van der Waals surface area contributed by atoms with Crippen LogP contribution in [0.15, 0.2) is 48.7 Å². The molecule has 162 valence electrons. The Kier molecular flexibility index (Phi) is 7.20. The van der Waals surface area contributed by atoms with Gasteiger partial charge in [-0.15, -0.1) is 0 Å². The zero-order valence-electron chi connectivity index (χ0n) is 17.8. The van der Waals surface area contributed by atoms with Crippen molar-refractivity contribution >= 4 is 5.82 Å². The Hall–Kier alpha value is -2.15. The van der Waals surface area contributed by atoms with Crippen molar-refractivity contribution < 1.29 is 9.84 Å². The Morgan fingerprint density at radius 2 is 1.97 bits per heavy atom. The van der Waals surface area contributed by atoms with Gasteiger partial charge in [-0.3, -0.25) is 4.90 Å². The standard InChI is InChI=1S/C24H34N4O2/c29-24(10-14-28(20-24)23-9-2-3-11-26-23)19-25-18-21-7-6-8-22(17-21)30-16-15-27-12-4-1-5-13-27/h2-3,6-9,11,17,25,29H,1,4-5,10,12-16,18-20H2. The minimum absolute atomic E-state index is 0.566. The highest BCUT2D eigenvalue weighted by Gasteiger charge is 2.36. The number of aliphatic hydroxyl groups is 1. The molecule has 2 fully saturated rings. The van der Waals surface area contributed by atoms with Gasteiger partial charge in [0.2, 0.25) is 0 Å². The maximum Gasteiger partial charge on any atom is 0.128 e. The first-order valence-corrected chi connectivity index (χ1v) is 11.2. The largest absolute Gasteiger partial charge is 0.492 e. The molecule has 6 heteroatoms. The number of anilines is 1. The van der Waals surface area contributed by atoms with Gasteiger partial charge in [0.15, 0.2) is 0 Å². The number of pyridine rings is 1. The molecule has 2 aliphatic rings. The molecule has 2 saturated heterocycles. The van der Waals surface area contributed by atoms with Gasteiger partial charge in [0.1, 0.15) is 18.2 Å². The van der Waals surface area contributed by atoms with Crippen molar-refractivity contribution in [3.05, 3.63) is 54.2 Å². The quantitative estimate of drug-likeness (QED) is 0.663. The highest BCUT2D eigenvalue weighted by atomic mass is 16.5. The number of rotatable bonds is 9. The van der Waals surface area contributed by atoms with E-state index in [1.54, 1.807) is 6.20 Å². The third kappa shape index (κ3) is 5.94. The van der Waals surface area contributed by atoms with Crippen molar-refractivity contribution in [1.82, 2.24) is 15.2 Å². The molecular formula is C24H34N4O2. The number of hydrogen-bond donors (Lipinski definition) is 2. The lowest BCUT2D eigenvalue weighted by molar-refractivity contribution is 0.0626. The molecule has 1 aromatic carbocycles. The van der Waals surface area contributed by atoms with Crippen LogP contribution >= 0.6 is 0 Å². The van der Waals surface area contributed by atoms with Crippen LogP contribution in [0.3, 0.4) is 0 Å². The number of β-amino-alcohol motifs (C(OH)–C–C–N with tert-alkyl or cyclic N) is 1. The minimum atomic E-state index is -0.722. The van der Waals surface area contributed by atoms with E-state index in [4.69, 9.17) is 4.74 Å². The summed E-state index contributed by atoms with van der Waals surface area (Å²) in [7, 11) is 0. The van der Waals surface area contributed by atoms with Gasteiger partial charge in [-0.05, 0) is 62.2 Å². The van der Waals surface area contributed by atoms with Gasteiger partial charge in [0, 0.05) is 38.9 Å². The predicted octanol–water partition coefficient (Wildman–Crippen LogP) is 2.68. The second kappa shape index (κ2) is 10.2. The molecule has 1 atom stereocenters. The van der Waals surface area contributed by atoms with Crippen molar-refractivity contribution in [2.75, 3.05) is 50.8 Å². The van der Waals surface area contributed by atoms with E-state index in [-0.39, 0.29) is 0 Å². The molecule has 2 aromatic rings. The van der Waals surface area contributed by atoms with Gasteiger partial charge in [-0.2, -0.15) is 0 Å². The van der Waals surface area contributed by atoms with Gasteiger partial charge in [-0.1, -0.05) is 24.6 Å². The van der Waals surface area contributed by atoms with Gasteiger partial charge >= 0.3 is 0 Å². The topological polar surface area (TPSA) is 60.9 Å². The Balaban J connectivity index is 1.20. The molecule has 30 heavy (non-hydrogen) atoms. The van der Waals surface area contributed by atoms with Crippen molar-refractivity contribution in [2.45, 2.75) is 37.8 Å². The Bertz CT molecular complexity index is 782. The first kappa shape index (κ1) is 21.1. The number of aromatic nitrogens is 1. The van der Waals surface area contributed by atoms with Crippen molar-refractivity contribution in [2.24, 2.45) is 0 Å². The van der Waals surface area contributed by atoms with Gasteiger partial charge in [0.25, 0.3) is 0 Å². The summed E-state index contributed by atoms with van der Waals surface area (Å²) in [5, 5.41) is 14.4. The average molecular weight is 411 g/mol. The summed E-state index contributed by atoms with van der Waals surface area (Å²) in [4.78, 5) is 9.04. The molecular weight excluding hydrogens is 376 g/mol. The van der Waals surface area contributed by atoms with Gasteiger partial charge in [0.05, 0.1) is 5.60 Å². The Labute approximate surface area is 179 Å². The maximum atomic E-state index is 10.9. The van der Waals surface area contributed by atoms with E-state index in [1.807, 2.05) is 30.3 Å². The van der Waals surface area contributed by atoms with Crippen LogP contribution in [0.5, 0.6) is 5.75 Å². The third-order valence-corrected chi connectivity index (χ3v) is 6.11. The van der Waals surface area contributed by atoms with Gasteiger partial charge < -0.3 is 20.1 Å². The van der Waals surface area contributed by atoms with Crippen LogP contribution in [-0.4, -0.2) is 66.5 Å². The SMILES string of the molecule is OC1(CNCc2cccc(OCCN3CCCCC3)c2)CCN(c2ccccn2)C1. The summed E-state index contributed by atoms with van der Waals surface area (Å²) >= 11 is 0. The molecule has 1 unspecified atom stereocenters. The number of hydrogen-bond acceptors (Lipinski definition) is 6. The molecule has 0 bridgehead atoms. The first-order valence-electron chi connectivity index (χ1n) is 11.2. The number of nitrogens with one attached hydrogen (secondary N) is 1. The highest BCUT2D eigenvalue weighted by Crippen LogP contribution is 2.25. The van der Waals surface area contributed by atoms with E-state index in [0.717, 1.165) is 44.2 Å². The van der Waals surface area contributed by atoms with E-state index in [1.165, 1.54) is 37.9 Å². The maximum absolute atomic E-state index is 10.9. The van der Waals surface area contributed by atoms with Crippen LogP contribution in [0, 0.1) is 0 Å². The summed E-state index contributed by atoms with van der Waals surface area (Å²) in [6.45, 7) is 6.86.